The maximum absolute atomic E-state index is 12.4. The number of imidazole rings is 1. The lowest BCUT2D eigenvalue weighted by atomic mass is 10.1. The van der Waals surface area contributed by atoms with Crippen molar-refractivity contribution in [1.29, 1.82) is 0 Å². The number of aromatic nitrogens is 3. The van der Waals surface area contributed by atoms with Crippen molar-refractivity contribution >= 4 is 33.2 Å². The molecule has 1 aliphatic heterocycles. The normalized spacial score (nSPS) is 17.5. The van der Waals surface area contributed by atoms with E-state index < -0.39 is 0 Å². The summed E-state index contributed by atoms with van der Waals surface area (Å²) < 4.78 is 2.00. The molecule has 1 aliphatic carbocycles. The Hall–Kier alpha value is -2.61. The molecule has 3 aromatic rings. The first-order valence-electron chi connectivity index (χ1n) is 12.2. The zero-order valence-corrected chi connectivity index (χ0v) is 20.7. The van der Waals surface area contributed by atoms with Gasteiger partial charge >= 0.3 is 0 Å². The number of carbonyl (C=O) groups is 1. The Bertz CT molecular complexity index is 1100. The number of anilines is 2. The summed E-state index contributed by atoms with van der Waals surface area (Å²) in [7, 11) is 0. The van der Waals surface area contributed by atoms with Crippen LogP contribution >= 0.6 is 11.3 Å². The highest BCUT2D eigenvalue weighted by Crippen LogP contribution is 2.35. The molecule has 7 nitrogen and oxygen atoms in total. The van der Waals surface area contributed by atoms with Crippen molar-refractivity contribution in [3.05, 3.63) is 29.8 Å². The summed E-state index contributed by atoms with van der Waals surface area (Å²) in [6, 6.07) is 9.06. The molecule has 1 saturated heterocycles. The van der Waals surface area contributed by atoms with E-state index in [4.69, 9.17) is 10.1 Å². The third kappa shape index (κ3) is 4.71. The van der Waals surface area contributed by atoms with E-state index in [2.05, 4.69) is 55.3 Å². The summed E-state index contributed by atoms with van der Waals surface area (Å²) in [5.74, 6) is 1.68. The largest absolute Gasteiger partial charge is 0.365 e. The van der Waals surface area contributed by atoms with Crippen molar-refractivity contribution in [3.8, 4) is 11.3 Å². The summed E-state index contributed by atoms with van der Waals surface area (Å²) in [6.45, 7) is 9.46. The molecule has 5 rings (SSSR count). The van der Waals surface area contributed by atoms with Crippen molar-refractivity contribution in [3.63, 3.8) is 0 Å². The lowest BCUT2D eigenvalue weighted by Crippen LogP contribution is -2.49. The van der Waals surface area contributed by atoms with Crippen LogP contribution in [0.4, 0.5) is 10.9 Å². The van der Waals surface area contributed by atoms with Crippen LogP contribution in [0.25, 0.3) is 16.2 Å². The molecular weight excluding hydrogens is 432 g/mol. The fraction of sp³-hybridized carbons (Fsp3) is 0.560. The number of hydrogen-bond donors (Lipinski definition) is 1. The summed E-state index contributed by atoms with van der Waals surface area (Å²) in [5, 5.41) is 9.75. The number of aryl methyl sites for hydroxylation is 1. The first kappa shape index (κ1) is 22.2. The molecule has 0 atom stereocenters. The first-order chi connectivity index (χ1) is 16.0. The maximum Gasteiger partial charge on any atom is 0.222 e. The smallest absolute Gasteiger partial charge is 0.222 e. The van der Waals surface area contributed by atoms with Crippen LogP contribution < -0.4 is 10.2 Å². The Kier molecular flexibility index (Phi) is 6.27. The van der Waals surface area contributed by atoms with Crippen LogP contribution in [0.2, 0.25) is 0 Å². The van der Waals surface area contributed by atoms with Gasteiger partial charge in [0.15, 0.2) is 5.82 Å². The van der Waals surface area contributed by atoms with E-state index in [1.807, 2.05) is 9.42 Å². The molecule has 2 aliphatic rings. The zero-order valence-electron chi connectivity index (χ0n) is 19.9. The van der Waals surface area contributed by atoms with Crippen LogP contribution in [-0.2, 0) is 4.79 Å². The molecule has 33 heavy (non-hydrogen) atoms. The summed E-state index contributed by atoms with van der Waals surface area (Å²) >= 11 is 1.64. The predicted molar refractivity (Wildman–Crippen MR) is 135 cm³/mol. The van der Waals surface area contributed by atoms with E-state index in [9.17, 15) is 4.79 Å². The Balaban J connectivity index is 1.39. The molecule has 1 aromatic carbocycles. The lowest BCUT2D eigenvalue weighted by Gasteiger charge is -2.34. The number of amides is 1. The fourth-order valence-electron chi connectivity index (χ4n) is 4.80. The minimum absolute atomic E-state index is 0.268. The second kappa shape index (κ2) is 9.33. The Labute approximate surface area is 199 Å². The molecule has 1 N–H and O–H groups in total. The minimum atomic E-state index is 0.268. The van der Waals surface area contributed by atoms with Gasteiger partial charge in [-0.05, 0) is 25.7 Å². The quantitative estimate of drug-likeness (QED) is 0.564. The Morgan fingerprint density at radius 2 is 1.82 bits per heavy atom. The Morgan fingerprint density at radius 1 is 1.12 bits per heavy atom. The van der Waals surface area contributed by atoms with Crippen LogP contribution in [-0.4, -0.2) is 57.6 Å². The average Bonchev–Trinajstić information content (AvgIpc) is 3.52. The van der Waals surface area contributed by atoms with Gasteiger partial charge in [0.05, 0.1) is 0 Å². The number of nitrogens with zero attached hydrogens (tertiary/aromatic N) is 5. The number of hydrogen-bond acceptors (Lipinski definition) is 6. The Morgan fingerprint density at radius 3 is 2.48 bits per heavy atom. The van der Waals surface area contributed by atoms with Crippen molar-refractivity contribution in [2.24, 2.45) is 5.92 Å². The maximum atomic E-state index is 12.4. The van der Waals surface area contributed by atoms with Gasteiger partial charge in [-0.3, -0.25) is 4.79 Å². The van der Waals surface area contributed by atoms with Crippen LogP contribution in [0.15, 0.2) is 24.3 Å². The standard InChI is InChI=1S/C25H34N6OS/c1-17(2)16-21(32)29-12-14-30(15-13-29)25-28-31-23(26-20-6-4-5-7-20)22(27-24(31)33-25)19-10-8-18(3)9-11-19/h8-11,17,20,26H,4-7,12-16H2,1-3H3. The van der Waals surface area contributed by atoms with E-state index >= 15 is 0 Å². The molecule has 0 bridgehead atoms. The summed E-state index contributed by atoms with van der Waals surface area (Å²) in [5.41, 5.74) is 3.35. The number of carbonyl (C=O) groups excluding carboxylic acids is 1. The van der Waals surface area contributed by atoms with E-state index in [0.29, 0.717) is 18.4 Å². The van der Waals surface area contributed by atoms with Crippen molar-refractivity contribution in [2.75, 3.05) is 36.4 Å². The van der Waals surface area contributed by atoms with E-state index in [-0.39, 0.29) is 5.91 Å². The third-order valence-electron chi connectivity index (χ3n) is 6.70. The fourth-order valence-corrected chi connectivity index (χ4v) is 5.75. The van der Waals surface area contributed by atoms with E-state index in [1.165, 1.54) is 31.2 Å². The van der Waals surface area contributed by atoms with Gasteiger partial charge in [-0.25, -0.2) is 4.98 Å². The van der Waals surface area contributed by atoms with E-state index in [0.717, 1.165) is 53.3 Å². The third-order valence-corrected chi connectivity index (χ3v) is 7.67. The van der Waals surface area contributed by atoms with Gasteiger partial charge in [0.2, 0.25) is 16.0 Å². The van der Waals surface area contributed by atoms with Crippen molar-refractivity contribution in [1.82, 2.24) is 19.5 Å². The SMILES string of the molecule is Cc1ccc(-c2nc3sc(N4CCN(C(=O)CC(C)C)CC4)nn3c2NC2CCCC2)cc1. The lowest BCUT2D eigenvalue weighted by molar-refractivity contribution is -0.132. The second-order valence-electron chi connectivity index (χ2n) is 9.85. The number of benzene rings is 1. The van der Waals surface area contributed by atoms with Gasteiger partial charge in [-0.2, -0.15) is 4.52 Å². The molecule has 1 saturated carbocycles. The van der Waals surface area contributed by atoms with Crippen molar-refractivity contribution < 1.29 is 4.79 Å². The van der Waals surface area contributed by atoms with Gasteiger partial charge in [0.1, 0.15) is 5.69 Å². The highest BCUT2D eigenvalue weighted by molar-refractivity contribution is 7.20. The summed E-state index contributed by atoms with van der Waals surface area (Å²) in [6.07, 6.45) is 5.58. The molecule has 1 amide bonds. The summed E-state index contributed by atoms with van der Waals surface area (Å²) in [4.78, 5) is 22.6. The molecule has 2 aromatic heterocycles. The first-order valence-corrected chi connectivity index (χ1v) is 13.1. The van der Waals surface area contributed by atoms with Gasteiger partial charge in [0, 0.05) is 44.2 Å². The highest BCUT2D eigenvalue weighted by atomic mass is 32.1. The molecule has 8 heteroatoms. The molecule has 0 spiro atoms. The van der Waals surface area contributed by atoms with Crippen molar-refractivity contribution in [2.45, 2.75) is 58.9 Å². The molecule has 3 heterocycles. The molecule has 0 unspecified atom stereocenters. The van der Waals surface area contributed by atoms with Crippen LogP contribution in [0.1, 0.15) is 51.5 Å². The zero-order chi connectivity index (χ0) is 22.9. The molecule has 176 valence electrons. The van der Waals surface area contributed by atoms with Gasteiger partial charge in [-0.15, -0.1) is 5.10 Å². The van der Waals surface area contributed by atoms with Gasteiger partial charge in [0.25, 0.3) is 0 Å². The van der Waals surface area contributed by atoms with Crippen LogP contribution in [0, 0.1) is 12.8 Å². The monoisotopic (exact) mass is 466 g/mol. The van der Waals surface area contributed by atoms with Gasteiger partial charge < -0.3 is 15.1 Å². The topological polar surface area (TPSA) is 65.8 Å². The minimum Gasteiger partial charge on any atom is -0.365 e. The van der Waals surface area contributed by atoms with Gasteiger partial charge in [-0.1, -0.05) is 67.9 Å². The number of rotatable bonds is 6. The number of fused-ring (bicyclic) bond motifs is 1. The highest BCUT2D eigenvalue weighted by Gasteiger charge is 2.26. The number of nitrogens with one attached hydrogen (secondary N) is 1. The molecular formula is C25H34N6OS. The molecule has 2 fully saturated rings. The predicted octanol–water partition coefficient (Wildman–Crippen LogP) is 4.82. The van der Waals surface area contributed by atoms with E-state index in [1.54, 1.807) is 11.3 Å². The number of piperazine rings is 1. The molecule has 0 radical (unpaired) electrons. The van der Waals surface area contributed by atoms with Crippen LogP contribution in [0.3, 0.4) is 0 Å². The second-order valence-corrected chi connectivity index (χ2v) is 10.8. The average molecular weight is 467 g/mol. The van der Waals surface area contributed by atoms with Crippen LogP contribution in [0.5, 0.6) is 0 Å².